The second-order valence-corrected chi connectivity index (χ2v) is 6.58. The largest absolute Gasteiger partial charge is 0.490 e. The maximum Gasteiger partial charge on any atom is 0.336 e. The Balaban J connectivity index is 2.28. The predicted octanol–water partition coefficient (Wildman–Crippen LogP) is 2.10. The van der Waals surface area contributed by atoms with E-state index in [1.54, 1.807) is 13.0 Å². The topological polar surface area (TPSA) is 90.2 Å². The molecule has 2 rings (SSSR count). The van der Waals surface area contributed by atoms with Crippen LogP contribution in [0.5, 0.6) is 17.2 Å². The Morgan fingerprint density at radius 1 is 1.15 bits per heavy atom. The maximum absolute atomic E-state index is 11.7. The summed E-state index contributed by atoms with van der Waals surface area (Å²) in [4.78, 5) is 11.7. The smallest absolute Gasteiger partial charge is 0.336 e. The lowest BCUT2D eigenvalue weighted by Crippen LogP contribution is -2.33. The summed E-state index contributed by atoms with van der Waals surface area (Å²) in [6, 6.07) is 3.13. The van der Waals surface area contributed by atoms with Crippen molar-refractivity contribution >= 4 is 11.0 Å². The third-order valence-corrected chi connectivity index (χ3v) is 3.89. The number of benzene rings is 1. The van der Waals surface area contributed by atoms with Crippen LogP contribution in [0.2, 0.25) is 0 Å². The lowest BCUT2D eigenvalue weighted by molar-refractivity contribution is 0.104. The average molecular weight is 365 g/mol. The van der Waals surface area contributed by atoms with Gasteiger partial charge in [0.05, 0.1) is 14.2 Å². The molecule has 0 fully saturated rings. The van der Waals surface area contributed by atoms with Gasteiger partial charge in [0.15, 0.2) is 11.3 Å². The minimum Gasteiger partial charge on any atom is -0.490 e. The second kappa shape index (κ2) is 8.91. The third-order valence-electron chi connectivity index (χ3n) is 3.89. The molecule has 144 valence electrons. The van der Waals surface area contributed by atoms with E-state index in [0.29, 0.717) is 34.9 Å². The van der Waals surface area contributed by atoms with Gasteiger partial charge in [0.2, 0.25) is 11.5 Å². The van der Waals surface area contributed by atoms with Crippen molar-refractivity contribution < 1.29 is 23.7 Å². The number of aliphatic hydroxyl groups is 1. The molecule has 0 saturated carbocycles. The van der Waals surface area contributed by atoms with E-state index in [0.717, 1.165) is 12.1 Å². The summed E-state index contributed by atoms with van der Waals surface area (Å²) in [6.07, 6.45) is -0.671. The van der Waals surface area contributed by atoms with E-state index in [1.165, 1.54) is 20.3 Å². The maximum atomic E-state index is 11.7. The summed E-state index contributed by atoms with van der Waals surface area (Å²) in [5, 5.41) is 14.0. The van der Waals surface area contributed by atoms with Crippen LogP contribution in [0.4, 0.5) is 0 Å². The molecule has 0 aliphatic rings. The first-order valence-corrected chi connectivity index (χ1v) is 8.58. The summed E-state index contributed by atoms with van der Waals surface area (Å²) < 4.78 is 21.8. The molecule has 1 aromatic carbocycles. The number of aryl methyl sites for hydroxylation is 1. The summed E-state index contributed by atoms with van der Waals surface area (Å²) in [5.74, 6) is 1.52. The van der Waals surface area contributed by atoms with Crippen LogP contribution in [0.3, 0.4) is 0 Å². The molecule has 0 unspecified atom stereocenters. The summed E-state index contributed by atoms with van der Waals surface area (Å²) in [7, 11) is 2.94. The first-order valence-electron chi connectivity index (χ1n) is 8.58. The van der Waals surface area contributed by atoms with E-state index in [1.807, 2.05) is 0 Å². The highest BCUT2D eigenvalue weighted by Gasteiger charge is 2.20. The number of fused-ring (bicyclic) bond motifs is 1. The Bertz CT molecular complexity index is 799. The number of hydrogen-bond donors (Lipinski definition) is 2. The molecule has 0 spiro atoms. The van der Waals surface area contributed by atoms with Crippen molar-refractivity contribution in [1.29, 1.82) is 0 Å². The minimum absolute atomic E-state index is 0.0892. The van der Waals surface area contributed by atoms with Gasteiger partial charge in [0.1, 0.15) is 12.7 Å². The highest BCUT2D eigenvalue weighted by molar-refractivity contribution is 5.90. The molecule has 0 saturated heterocycles. The molecular formula is C19H27NO6. The van der Waals surface area contributed by atoms with Crippen molar-refractivity contribution in [3.05, 3.63) is 28.1 Å². The quantitative estimate of drug-likeness (QED) is 0.658. The van der Waals surface area contributed by atoms with Crippen LogP contribution in [-0.2, 0) is 0 Å². The van der Waals surface area contributed by atoms with E-state index in [2.05, 4.69) is 19.2 Å². The van der Waals surface area contributed by atoms with Crippen LogP contribution in [-0.4, -0.2) is 45.1 Å². The average Bonchev–Trinajstić information content (AvgIpc) is 2.58. The minimum atomic E-state index is -0.671. The fraction of sp³-hybridized carbons (Fsp3) is 0.526. The molecule has 0 aliphatic carbocycles. The Labute approximate surface area is 152 Å². The predicted molar refractivity (Wildman–Crippen MR) is 99.5 cm³/mol. The summed E-state index contributed by atoms with van der Waals surface area (Å²) in [6.45, 7) is 7.35. The van der Waals surface area contributed by atoms with Crippen LogP contribution < -0.4 is 25.2 Å². The SMILES string of the molecule is COc1c(OC[C@H](O)CNCC(C)C)cc2c(C)cc(=O)oc2c1OC. The molecule has 1 heterocycles. The molecule has 7 nitrogen and oxygen atoms in total. The van der Waals surface area contributed by atoms with Crippen molar-refractivity contribution in [1.82, 2.24) is 5.32 Å². The first-order chi connectivity index (χ1) is 12.4. The molecule has 0 aliphatic heterocycles. The Hall–Kier alpha value is -2.25. The molecule has 0 amide bonds. The lowest BCUT2D eigenvalue weighted by Gasteiger charge is -2.18. The number of methoxy groups -OCH3 is 2. The molecule has 2 aromatic rings. The van der Waals surface area contributed by atoms with Crippen LogP contribution in [0.1, 0.15) is 19.4 Å². The van der Waals surface area contributed by atoms with Gasteiger partial charge in [-0.2, -0.15) is 0 Å². The van der Waals surface area contributed by atoms with Crippen molar-refractivity contribution in [3.8, 4) is 17.2 Å². The van der Waals surface area contributed by atoms with Gasteiger partial charge in [0, 0.05) is 18.0 Å². The molecule has 1 atom stereocenters. The number of rotatable bonds is 9. The van der Waals surface area contributed by atoms with E-state index in [-0.39, 0.29) is 12.4 Å². The zero-order valence-electron chi connectivity index (χ0n) is 15.9. The van der Waals surface area contributed by atoms with Gasteiger partial charge in [-0.15, -0.1) is 0 Å². The molecule has 0 bridgehead atoms. The highest BCUT2D eigenvalue weighted by atomic mass is 16.5. The summed E-state index contributed by atoms with van der Waals surface area (Å²) in [5.41, 5.74) is 0.581. The first kappa shape index (κ1) is 20.1. The standard InChI is InChI=1S/C19H27NO6/c1-11(2)8-20-9-13(21)10-25-15-7-14-12(3)6-16(22)26-17(14)19(24-5)18(15)23-4/h6-7,11,13,20-21H,8-10H2,1-5H3/t13-/m1/s1. The lowest BCUT2D eigenvalue weighted by atomic mass is 10.1. The van der Waals surface area contributed by atoms with Gasteiger partial charge < -0.3 is 29.1 Å². The van der Waals surface area contributed by atoms with Crippen molar-refractivity contribution in [2.24, 2.45) is 5.92 Å². The van der Waals surface area contributed by atoms with E-state index >= 15 is 0 Å². The fourth-order valence-electron chi connectivity index (χ4n) is 2.65. The number of hydrogen-bond acceptors (Lipinski definition) is 7. The van der Waals surface area contributed by atoms with Crippen LogP contribution >= 0.6 is 0 Å². The van der Waals surface area contributed by atoms with E-state index < -0.39 is 11.7 Å². The fourth-order valence-corrected chi connectivity index (χ4v) is 2.65. The number of aliphatic hydroxyl groups excluding tert-OH is 1. The van der Waals surface area contributed by atoms with Crippen molar-refractivity contribution in [3.63, 3.8) is 0 Å². The van der Waals surface area contributed by atoms with Gasteiger partial charge >= 0.3 is 5.63 Å². The normalized spacial score (nSPS) is 12.4. The van der Waals surface area contributed by atoms with Crippen LogP contribution in [0.25, 0.3) is 11.0 Å². The number of ether oxygens (including phenoxy) is 3. The van der Waals surface area contributed by atoms with E-state index in [4.69, 9.17) is 18.6 Å². The van der Waals surface area contributed by atoms with Gasteiger partial charge in [-0.1, -0.05) is 13.8 Å². The van der Waals surface area contributed by atoms with Crippen molar-refractivity contribution in [2.45, 2.75) is 26.9 Å². The molecule has 2 N–H and O–H groups in total. The van der Waals surface area contributed by atoms with Crippen LogP contribution in [0, 0.1) is 12.8 Å². The molecule has 7 heteroatoms. The molecule has 1 aromatic heterocycles. The Morgan fingerprint density at radius 2 is 1.85 bits per heavy atom. The molecule has 0 radical (unpaired) electrons. The van der Waals surface area contributed by atoms with E-state index in [9.17, 15) is 9.90 Å². The monoisotopic (exact) mass is 365 g/mol. The molecular weight excluding hydrogens is 338 g/mol. The Kier molecular flexibility index (Phi) is 6.88. The van der Waals surface area contributed by atoms with Crippen molar-refractivity contribution in [2.75, 3.05) is 33.9 Å². The van der Waals surface area contributed by atoms with Gasteiger partial charge in [-0.25, -0.2) is 4.79 Å². The zero-order valence-corrected chi connectivity index (χ0v) is 15.9. The highest BCUT2D eigenvalue weighted by Crippen LogP contribution is 2.43. The molecule has 26 heavy (non-hydrogen) atoms. The van der Waals surface area contributed by atoms with Crippen LogP contribution in [0.15, 0.2) is 21.3 Å². The van der Waals surface area contributed by atoms with Gasteiger partial charge in [0.25, 0.3) is 0 Å². The second-order valence-electron chi connectivity index (χ2n) is 6.58. The Morgan fingerprint density at radius 3 is 2.46 bits per heavy atom. The zero-order chi connectivity index (χ0) is 19.3. The summed E-state index contributed by atoms with van der Waals surface area (Å²) >= 11 is 0. The van der Waals surface area contributed by atoms with Gasteiger partial charge in [-0.3, -0.25) is 0 Å². The number of nitrogens with one attached hydrogen (secondary N) is 1. The van der Waals surface area contributed by atoms with Gasteiger partial charge in [-0.05, 0) is 31.0 Å². The third kappa shape index (κ3) is 4.68.